The SMILES string of the molecule is C[N+](C)(C)CC(=O)[O-].N[NH+](N)[O-]. The largest absolute Gasteiger partial charge is 0.593 e. The predicted molar refractivity (Wildman–Crippen MR) is 40.6 cm³/mol. The Kier molecular flexibility index (Phi) is 6.76. The van der Waals surface area contributed by atoms with Gasteiger partial charge in [-0.15, -0.1) is 0 Å². The van der Waals surface area contributed by atoms with Crippen LogP contribution < -0.4 is 22.1 Å². The van der Waals surface area contributed by atoms with E-state index in [0.717, 1.165) is 0 Å². The molecule has 0 spiro atoms. The van der Waals surface area contributed by atoms with Crippen LogP contribution >= 0.6 is 0 Å². The maximum absolute atomic E-state index is 9.89. The summed E-state index contributed by atoms with van der Waals surface area (Å²) in [5, 5.41) is 18.1. The zero-order chi connectivity index (χ0) is 10.4. The van der Waals surface area contributed by atoms with E-state index in [2.05, 4.69) is 11.7 Å². The molecule has 0 aliphatic rings. The summed E-state index contributed by atoms with van der Waals surface area (Å²) in [6.07, 6.45) is 0. The molecular formula is C5H16N4O3. The van der Waals surface area contributed by atoms with E-state index in [1.807, 2.05) is 0 Å². The maximum Gasteiger partial charge on any atom is 0.118 e. The lowest BCUT2D eigenvalue weighted by molar-refractivity contribution is -0.873. The summed E-state index contributed by atoms with van der Waals surface area (Å²) in [7, 11) is 5.40. The van der Waals surface area contributed by atoms with Gasteiger partial charge in [0.05, 0.1) is 27.1 Å². The Bertz CT molecular complexity index is 128. The van der Waals surface area contributed by atoms with Crippen LogP contribution in [0.15, 0.2) is 0 Å². The maximum atomic E-state index is 9.89. The van der Waals surface area contributed by atoms with Crippen molar-refractivity contribution >= 4 is 5.97 Å². The Labute approximate surface area is 71.3 Å². The standard InChI is InChI=1S/C5H11NO2.H5N3O/c1-6(2,3)4-5(7)8;1-3(2)4/h4H2,1-3H3;3H,1-2H2. The van der Waals surface area contributed by atoms with Gasteiger partial charge < -0.3 is 19.6 Å². The average Bonchev–Trinajstić information content (AvgIpc) is 1.52. The molecule has 0 fully saturated rings. The fourth-order valence-corrected chi connectivity index (χ4v) is 0.387. The summed E-state index contributed by atoms with van der Waals surface area (Å²) in [5.74, 6) is 7.50. The highest BCUT2D eigenvalue weighted by atomic mass is 16.6. The molecule has 0 aromatic carbocycles. The lowest BCUT2D eigenvalue weighted by Crippen LogP contribution is -3.18. The van der Waals surface area contributed by atoms with Crippen molar-refractivity contribution in [3.05, 3.63) is 5.21 Å². The van der Waals surface area contributed by atoms with Gasteiger partial charge in [0.15, 0.2) is 0 Å². The average molecular weight is 180 g/mol. The van der Waals surface area contributed by atoms with Crippen molar-refractivity contribution in [1.29, 1.82) is 0 Å². The molecule has 0 amide bonds. The van der Waals surface area contributed by atoms with Crippen molar-refractivity contribution in [2.24, 2.45) is 11.7 Å². The van der Waals surface area contributed by atoms with Crippen molar-refractivity contribution in [2.45, 2.75) is 0 Å². The fourth-order valence-electron chi connectivity index (χ4n) is 0.387. The molecule has 7 heteroatoms. The summed E-state index contributed by atoms with van der Waals surface area (Å²) in [6, 6.07) is 0. The molecular weight excluding hydrogens is 164 g/mol. The fraction of sp³-hybridized carbons (Fsp3) is 0.800. The van der Waals surface area contributed by atoms with Crippen LogP contribution in [0.5, 0.6) is 0 Å². The lowest BCUT2D eigenvalue weighted by atomic mass is 10.5. The van der Waals surface area contributed by atoms with Gasteiger partial charge in [-0.1, -0.05) is 0 Å². The number of nitrogens with one attached hydrogen (secondary N) is 1. The molecule has 0 heterocycles. The lowest BCUT2D eigenvalue weighted by Gasteiger charge is -2.23. The van der Waals surface area contributed by atoms with Gasteiger partial charge in [0.2, 0.25) is 0 Å². The quantitative estimate of drug-likeness (QED) is 0.225. The number of quaternary nitrogens is 2. The van der Waals surface area contributed by atoms with Crippen molar-refractivity contribution < 1.29 is 19.7 Å². The van der Waals surface area contributed by atoms with E-state index in [-0.39, 0.29) is 6.54 Å². The Morgan fingerprint density at radius 3 is 1.67 bits per heavy atom. The minimum atomic E-state index is -1.00. The van der Waals surface area contributed by atoms with Crippen LogP contribution in [0.25, 0.3) is 0 Å². The number of carbonyl (C=O) groups excluding carboxylic acids is 1. The second-order valence-corrected chi connectivity index (χ2v) is 3.22. The number of likely N-dealkylation sites (N-methyl/N-ethyl adjacent to an activating group) is 1. The third kappa shape index (κ3) is 34.8. The minimum Gasteiger partial charge on any atom is -0.593 e. The Morgan fingerprint density at radius 2 is 1.67 bits per heavy atom. The first-order valence-corrected chi connectivity index (χ1v) is 3.20. The summed E-state index contributed by atoms with van der Waals surface area (Å²) in [5.41, 5.74) is 0. The van der Waals surface area contributed by atoms with E-state index in [9.17, 15) is 9.90 Å². The number of hydrogen-bond donors (Lipinski definition) is 3. The molecule has 12 heavy (non-hydrogen) atoms. The molecule has 0 aromatic heterocycles. The normalized spacial score (nSPS) is 10.6. The van der Waals surface area contributed by atoms with Crippen LogP contribution in [-0.2, 0) is 4.79 Å². The summed E-state index contributed by atoms with van der Waals surface area (Å²) >= 11 is 0. The van der Waals surface area contributed by atoms with Gasteiger partial charge in [-0.2, -0.15) is 11.7 Å². The van der Waals surface area contributed by atoms with Gasteiger partial charge in [-0.25, -0.2) is 5.28 Å². The molecule has 0 saturated carbocycles. The van der Waals surface area contributed by atoms with Crippen LogP contribution in [0.4, 0.5) is 0 Å². The number of nitrogens with zero attached hydrogens (tertiary/aromatic N) is 1. The molecule has 0 unspecified atom stereocenters. The Morgan fingerprint density at radius 1 is 1.42 bits per heavy atom. The van der Waals surface area contributed by atoms with Crippen molar-refractivity contribution in [1.82, 2.24) is 0 Å². The number of carboxylic acids is 1. The molecule has 0 atom stereocenters. The number of carboxylic acid groups (broad SMARTS) is 1. The highest BCUT2D eigenvalue weighted by Gasteiger charge is 2.04. The minimum absolute atomic E-state index is 0.0694. The van der Waals surface area contributed by atoms with E-state index in [0.29, 0.717) is 4.48 Å². The van der Waals surface area contributed by atoms with Gasteiger partial charge in [-0.05, 0) is 0 Å². The van der Waals surface area contributed by atoms with Crippen LogP contribution in [-0.4, -0.2) is 38.1 Å². The number of hydrogen-bond acceptors (Lipinski definition) is 5. The van der Waals surface area contributed by atoms with E-state index in [1.165, 1.54) is 0 Å². The predicted octanol–water partition coefficient (Wildman–Crippen LogP) is -4.44. The van der Waals surface area contributed by atoms with Crippen LogP contribution in [0.3, 0.4) is 0 Å². The zero-order valence-corrected chi connectivity index (χ0v) is 7.53. The highest BCUT2D eigenvalue weighted by molar-refractivity contribution is 5.65. The van der Waals surface area contributed by atoms with Gasteiger partial charge in [0, 0.05) is 0 Å². The van der Waals surface area contributed by atoms with Crippen molar-refractivity contribution in [3.63, 3.8) is 0 Å². The number of nitrogens with two attached hydrogens (primary N) is 2. The van der Waals surface area contributed by atoms with Gasteiger partial charge >= 0.3 is 0 Å². The molecule has 0 radical (unpaired) electrons. The molecule has 7 nitrogen and oxygen atoms in total. The zero-order valence-electron chi connectivity index (χ0n) is 7.53. The van der Waals surface area contributed by atoms with E-state index < -0.39 is 11.3 Å². The molecule has 0 aliphatic carbocycles. The van der Waals surface area contributed by atoms with Crippen LogP contribution in [0.1, 0.15) is 0 Å². The molecule has 0 saturated heterocycles. The first-order chi connectivity index (χ1) is 5.15. The summed E-state index contributed by atoms with van der Waals surface area (Å²) < 4.78 is 0.419. The van der Waals surface area contributed by atoms with Crippen LogP contribution in [0.2, 0.25) is 0 Å². The molecule has 0 aliphatic heterocycles. The third-order valence-electron chi connectivity index (χ3n) is 0.603. The summed E-state index contributed by atoms with van der Waals surface area (Å²) in [4.78, 5) is 9.89. The smallest absolute Gasteiger partial charge is 0.118 e. The molecule has 5 N–H and O–H groups in total. The number of rotatable bonds is 2. The third-order valence-corrected chi connectivity index (χ3v) is 0.603. The highest BCUT2D eigenvalue weighted by Crippen LogP contribution is 1.84. The van der Waals surface area contributed by atoms with E-state index in [4.69, 9.17) is 5.21 Å². The first kappa shape index (κ1) is 13.8. The molecule has 0 bridgehead atoms. The van der Waals surface area contributed by atoms with Gasteiger partial charge in [0.1, 0.15) is 6.54 Å². The van der Waals surface area contributed by atoms with E-state index in [1.54, 1.807) is 21.1 Å². The monoisotopic (exact) mass is 180 g/mol. The summed E-state index contributed by atoms with van der Waals surface area (Å²) in [6.45, 7) is 0.0694. The molecule has 0 rings (SSSR count). The van der Waals surface area contributed by atoms with Crippen molar-refractivity contribution in [3.8, 4) is 0 Å². The topological polar surface area (TPSA) is 120 Å². The van der Waals surface area contributed by atoms with E-state index >= 15 is 0 Å². The second kappa shape index (κ2) is 5.86. The molecule has 0 aromatic rings. The van der Waals surface area contributed by atoms with Crippen molar-refractivity contribution in [2.75, 3.05) is 27.7 Å². The van der Waals surface area contributed by atoms with Gasteiger partial charge in [0.25, 0.3) is 0 Å². The number of carbonyl (C=O) groups is 1. The van der Waals surface area contributed by atoms with Gasteiger partial charge in [-0.3, -0.25) is 0 Å². The Balaban J connectivity index is 0. The first-order valence-electron chi connectivity index (χ1n) is 3.20. The Hall–Kier alpha value is -0.730. The second-order valence-electron chi connectivity index (χ2n) is 3.22. The molecule has 74 valence electrons. The van der Waals surface area contributed by atoms with Crippen LogP contribution in [0, 0.1) is 5.21 Å². The number of aliphatic carboxylic acids is 1.